The number of hydrogen-bond donors (Lipinski definition) is 1. The number of hydrogen-bond acceptors (Lipinski definition) is 5. The molecule has 0 atom stereocenters. The van der Waals surface area contributed by atoms with Crippen LogP contribution < -0.4 is 5.32 Å². The van der Waals surface area contributed by atoms with Crippen LogP contribution in [0.4, 0.5) is 0 Å². The van der Waals surface area contributed by atoms with Crippen LogP contribution in [-0.4, -0.2) is 42.8 Å². The van der Waals surface area contributed by atoms with Crippen molar-refractivity contribution in [1.82, 2.24) is 15.2 Å². The molecule has 0 saturated carbocycles. The molecule has 1 aromatic heterocycles. The topological polar surface area (TPSA) is 37.4 Å². The molecule has 5 heteroatoms. The Hall–Kier alpha value is -0.490. The second-order valence-electron chi connectivity index (χ2n) is 4.76. The molecule has 0 spiro atoms. The van der Waals surface area contributed by atoms with Crippen LogP contribution in [0.25, 0.3) is 0 Å². The fourth-order valence-electron chi connectivity index (χ4n) is 2.17. The molecule has 1 aliphatic rings. The molecule has 2 heterocycles. The van der Waals surface area contributed by atoms with Gasteiger partial charge in [-0.15, -0.1) is 11.3 Å². The van der Waals surface area contributed by atoms with Crippen LogP contribution >= 0.6 is 11.3 Å². The summed E-state index contributed by atoms with van der Waals surface area (Å²) in [5.41, 5.74) is 0. The zero-order valence-electron chi connectivity index (χ0n) is 11.2. The van der Waals surface area contributed by atoms with E-state index in [9.17, 15) is 0 Å². The van der Waals surface area contributed by atoms with Crippen LogP contribution in [-0.2, 0) is 11.3 Å². The van der Waals surface area contributed by atoms with Crippen LogP contribution in [0.15, 0.2) is 6.20 Å². The van der Waals surface area contributed by atoms with E-state index < -0.39 is 0 Å². The minimum Gasteiger partial charge on any atom is -0.359 e. The third-order valence-corrected chi connectivity index (χ3v) is 4.04. The van der Waals surface area contributed by atoms with Gasteiger partial charge in [0.25, 0.3) is 0 Å². The Morgan fingerprint density at radius 2 is 2.22 bits per heavy atom. The molecule has 2 rings (SSSR count). The van der Waals surface area contributed by atoms with Crippen molar-refractivity contribution in [2.45, 2.75) is 32.8 Å². The predicted octanol–water partition coefficient (Wildman–Crippen LogP) is 2.00. The summed E-state index contributed by atoms with van der Waals surface area (Å²) in [7, 11) is 0. The van der Waals surface area contributed by atoms with Crippen molar-refractivity contribution in [2.75, 3.05) is 32.9 Å². The van der Waals surface area contributed by atoms with Crippen molar-refractivity contribution < 1.29 is 4.74 Å². The number of piperidine rings is 1. The lowest BCUT2D eigenvalue weighted by molar-refractivity contribution is 0.0998. The first kappa shape index (κ1) is 13.9. The lowest BCUT2D eigenvalue weighted by Gasteiger charge is -2.26. The Balaban J connectivity index is 1.46. The number of aromatic nitrogens is 1. The zero-order chi connectivity index (χ0) is 12.6. The van der Waals surface area contributed by atoms with Crippen LogP contribution in [0.1, 0.15) is 29.1 Å². The molecule has 1 fully saturated rings. The molecule has 0 aliphatic carbocycles. The number of nitrogens with zero attached hydrogens (tertiary/aromatic N) is 2. The predicted molar refractivity (Wildman–Crippen MR) is 74.8 cm³/mol. The first-order valence-electron chi connectivity index (χ1n) is 6.77. The lowest BCUT2D eigenvalue weighted by atomic mass is 10.1. The molecule has 0 amide bonds. The fraction of sp³-hybridized carbons (Fsp3) is 0.769. The van der Waals surface area contributed by atoms with Gasteiger partial charge in [-0.1, -0.05) is 6.42 Å². The fourth-order valence-corrected chi connectivity index (χ4v) is 2.90. The number of thiazole rings is 1. The minimum absolute atomic E-state index is 0.618. The highest BCUT2D eigenvalue weighted by atomic mass is 32.1. The molecule has 0 unspecified atom stereocenters. The van der Waals surface area contributed by atoms with E-state index >= 15 is 0 Å². The zero-order valence-corrected chi connectivity index (χ0v) is 12.0. The molecule has 4 nitrogen and oxygen atoms in total. The van der Waals surface area contributed by atoms with Gasteiger partial charge in [0.05, 0.1) is 6.73 Å². The van der Waals surface area contributed by atoms with Crippen LogP contribution in [0, 0.1) is 6.92 Å². The van der Waals surface area contributed by atoms with Gasteiger partial charge < -0.3 is 9.64 Å². The Kier molecular flexibility index (Phi) is 6.07. The summed E-state index contributed by atoms with van der Waals surface area (Å²) in [5, 5.41) is 4.38. The van der Waals surface area contributed by atoms with Crippen LogP contribution in [0.2, 0.25) is 0 Å². The van der Waals surface area contributed by atoms with E-state index in [1.165, 1.54) is 37.2 Å². The Morgan fingerprint density at radius 1 is 1.39 bits per heavy atom. The number of nitrogens with one attached hydrogen (secondary N) is 1. The summed E-state index contributed by atoms with van der Waals surface area (Å²) in [6, 6.07) is 0. The van der Waals surface area contributed by atoms with Crippen molar-refractivity contribution in [3.8, 4) is 0 Å². The van der Waals surface area contributed by atoms with Crippen molar-refractivity contribution >= 4 is 11.3 Å². The SMILES string of the molecule is Cc1cnc(COCNCCN2CCCCC2)s1. The van der Waals surface area contributed by atoms with Gasteiger partial charge in [0.1, 0.15) is 11.6 Å². The van der Waals surface area contributed by atoms with Gasteiger partial charge in [0, 0.05) is 24.2 Å². The molecular formula is C13H23N3OS. The first-order valence-corrected chi connectivity index (χ1v) is 7.58. The summed E-state index contributed by atoms with van der Waals surface area (Å²) in [6.45, 7) is 7.98. The largest absolute Gasteiger partial charge is 0.359 e. The second-order valence-corrected chi connectivity index (χ2v) is 6.08. The number of ether oxygens (including phenoxy) is 1. The van der Waals surface area contributed by atoms with E-state index in [0.29, 0.717) is 13.3 Å². The molecule has 1 aliphatic heterocycles. The Bertz CT molecular complexity index is 337. The molecule has 0 bridgehead atoms. The molecular weight excluding hydrogens is 246 g/mol. The first-order chi connectivity index (χ1) is 8.84. The van der Waals surface area contributed by atoms with E-state index in [1.54, 1.807) is 11.3 Å². The second kappa shape index (κ2) is 7.84. The van der Waals surface area contributed by atoms with Crippen molar-refractivity contribution in [3.63, 3.8) is 0 Å². The summed E-state index contributed by atoms with van der Waals surface area (Å²) in [6.07, 6.45) is 6.02. The summed E-state index contributed by atoms with van der Waals surface area (Å²) in [4.78, 5) is 8.04. The normalized spacial score (nSPS) is 17.2. The molecule has 102 valence electrons. The third kappa shape index (κ3) is 5.02. The molecule has 0 radical (unpaired) electrons. The number of aryl methyl sites for hydroxylation is 1. The van der Waals surface area contributed by atoms with Crippen LogP contribution in [0.5, 0.6) is 0 Å². The highest BCUT2D eigenvalue weighted by molar-refractivity contribution is 7.11. The van der Waals surface area contributed by atoms with Gasteiger partial charge in [-0.2, -0.15) is 0 Å². The van der Waals surface area contributed by atoms with E-state index in [0.717, 1.165) is 18.1 Å². The standard InChI is InChI=1S/C13H23N3OS/c1-12-9-15-13(18-12)10-17-11-14-5-8-16-6-3-2-4-7-16/h9,14H,2-8,10-11H2,1H3. The van der Waals surface area contributed by atoms with E-state index in [2.05, 4.69) is 22.1 Å². The maximum Gasteiger partial charge on any atom is 0.119 e. The van der Waals surface area contributed by atoms with Gasteiger partial charge >= 0.3 is 0 Å². The summed E-state index contributed by atoms with van der Waals surface area (Å²) >= 11 is 1.70. The van der Waals surface area contributed by atoms with E-state index in [1.807, 2.05) is 6.20 Å². The molecule has 1 aromatic rings. The summed E-state index contributed by atoms with van der Waals surface area (Å²) in [5.74, 6) is 0. The molecule has 1 N–H and O–H groups in total. The lowest BCUT2D eigenvalue weighted by Crippen LogP contribution is -2.36. The molecule has 1 saturated heterocycles. The monoisotopic (exact) mass is 269 g/mol. The average Bonchev–Trinajstić information content (AvgIpc) is 2.81. The van der Waals surface area contributed by atoms with Crippen molar-refractivity contribution in [1.29, 1.82) is 0 Å². The molecule has 18 heavy (non-hydrogen) atoms. The maximum absolute atomic E-state index is 5.54. The van der Waals surface area contributed by atoms with Gasteiger partial charge in [-0.05, 0) is 32.9 Å². The third-order valence-electron chi connectivity index (χ3n) is 3.15. The van der Waals surface area contributed by atoms with Gasteiger partial charge in [-0.3, -0.25) is 5.32 Å². The minimum atomic E-state index is 0.618. The van der Waals surface area contributed by atoms with Gasteiger partial charge in [-0.25, -0.2) is 4.98 Å². The summed E-state index contributed by atoms with van der Waals surface area (Å²) < 4.78 is 5.54. The Morgan fingerprint density at radius 3 is 2.94 bits per heavy atom. The number of rotatable bonds is 7. The highest BCUT2D eigenvalue weighted by Crippen LogP contribution is 2.11. The quantitative estimate of drug-likeness (QED) is 0.607. The van der Waals surface area contributed by atoms with Crippen molar-refractivity contribution in [2.24, 2.45) is 0 Å². The van der Waals surface area contributed by atoms with E-state index in [-0.39, 0.29) is 0 Å². The Labute approximate surface area is 113 Å². The van der Waals surface area contributed by atoms with E-state index in [4.69, 9.17) is 4.74 Å². The van der Waals surface area contributed by atoms with Gasteiger partial charge in [0.2, 0.25) is 0 Å². The highest BCUT2D eigenvalue weighted by Gasteiger charge is 2.08. The van der Waals surface area contributed by atoms with Crippen molar-refractivity contribution in [3.05, 3.63) is 16.1 Å². The van der Waals surface area contributed by atoms with Crippen LogP contribution in [0.3, 0.4) is 0 Å². The smallest absolute Gasteiger partial charge is 0.119 e. The molecule has 0 aromatic carbocycles. The maximum atomic E-state index is 5.54. The number of likely N-dealkylation sites (tertiary alicyclic amines) is 1. The van der Waals surface area contributed by atoms with Gasteiger partial charge in [0.15, 0.2) is 0 Å². The average molecular weight is 269 g/mol.